The van der Waals surface area contributed by atoms with E-state index >= 15 is 0 Å². The zero-order chi connectivity index (χ0) is 32.3. The number of carbonyl (C=O) groups excluding carboxylic acids is 2. The van der Waals surface area contributed by atoms with Crippen molar-refractivity contribution in [1.82, 2.24) is 10.9 Å². The van der Waals surface area contributed by atoms with Gasteiger partial charge in [-0.25, -0.2) is 27.7 Å². The number of hydrogen-bond acceptors (Lipinski definition) is 12. The van der Waals surface area contributed by atoms with Crippen LogP contribution >= 0.6 is 0 Å². The minimum Gasteiger partial charge on any atom is -0.872 e. The number of rotatable bonds is 8. The quantitative estimate of drug-likeness (QED) is 0.0562. The van der Waals surface area contributed by atoms with Crippen molar-refractivity contribution in [3.8, 4) is 11.5 Å². The van der Waals surface area contributed by atoms with Crippen molar-refractivity contribution < 1.29 is 112 Å². The molecule has 0 aromatic heterocycles. The summed E-state index contributed by atoms with van der Waals surface area (Å²) >= 11 is 0. The zero-order valence-corrected chi connectivity index (χ0v) is 29.7. The number of carbonyl (C=O) groups is 2. The van der Waals surface area contributed by atoms with Gasteiger partial charge in [0, 0.05) is 0 Å². The van der Waals surface area contributed by atoms with Crippen LogP contribution in [0, 0.1) is 0 Å². The fraction of sp³-hybridized carbons (Fsp3) is 0. The summed E-state index contributed by atoms with van der Waals surface area (Å²) in [5, 5.41) is 30.0. The zero-order valence-electron chi connectivity index (χ0n) is 26.1. The Morgan fingerprint density at radius 2 is 0.788 bits per heavy atom. The maximum absolute atomic E-state index is 11.9. The molecule has 0 bridgehead atoms. The number of hydrazone groups is 2. The maximum Gasteiger partial charge on any atom is 2.00 e. The van der Waals surface area contributed by atoms with E-state index in [0.29, 0.717) is 0 Å². The second kappa shape index (κ2) is 27.0. The molecule has 0 saturated carbocycles. The van der Waals surface area contributed by atoms with Crippen LogP contribution in [0.25, 0.3) is 0 Å². The predicted octanol–water partition coefficient (Wildman–Crippen LogP) is -4.49. The predicted molar refractivity (Wildman–Crippen MR) is 177 cm³/mol. The minimum absolute atomic E-state index is 0. The van der Waals surface area contributed by atoms with E-state index < -0.39 is 41.8 Å². The number of benzene rings is 4. The summed E-state index contributed by atoms with van der Waals surface area (Å²) in [6.07, 6.45) is 2.27. The molecule has 4 aromatic carbocycles. The van der Waals surface area contributed by atoms with Crippen LogP contribution in [0.4, 0.5) is 0 Å². The smallest absolute Gasteiger partial charge is 0.872 e. The van der Waals surface area contributed by atoms with Gasteiger partial charge in [-0.2, -0.15) is 10.2 Å². The minimum atomic E-state index is -4.78. The first-order chi connectivity index (χ1) is 20.8. The van der Waals surface area contributed by atoms with E-state index in [0.717, 1.165) is 24.6 Å². The van der Waals surface area contributed by atoms with Crippen LogP contribution in [-0.4, -0.2) is 61.1 Å². The molecule has 0 aliphatic rings. The van der Waals surface area contributed by atoms with E-state index in [1.165, 1.54) is 60.7 Å². The first kappa shape index (κ1) is 59.5. The summed E-state index contributed by atoms with van der Waals surface area (Å²) in [4.78, 5) is 22.5. The number of nitrogens with zero attached hydrogens (tertiary/aromatic N) is 2. The van der Waals surface area contributed by atoms with Gasteiger partial charge in [-0.1, -0.05) is 84.3 Å². The molecular weight excluding hydrogens is 830 g/mol. The van der Waals surface area contributed by atoms with Gasteiger partial charge in [0.05, 0.1) is 33.3 Å². The van der Waals surface area contributed by atoms with E-state index in [-0.39, 0.29) is 99.6 Å². The number of para-hydroxylation sites is 2. The number of amides is 2. The molecule has 52 heavy (non-hydrogen) atoms. The number of hydrogen-bond donors (Lipinski definition) is 2. The van der Waals surface area contributed by atoms with Gasteiger partial charge in [0.2, 0.25) is 0 Å². The summed E-state index contributed by atoms with van der Waals surface area (Å²) in [6, 6.07) is 22.0. The van der Waals surface area contributed by atoms with Gasteiger partial charge in [-0.15, -0.1) is 0 Å². The van der Waals surface area contributed by atoms with Gasteiger partial charge < -0.3 is 52.2 Å². The molecule has 0 heterocycles. The van der Waals surface area contributed by atoms with E-state index in [1.54, 1.807) is 24.3 Å². The van der Waals surface area contributed by atoms with Crippen LogP contribution in [0.5, 0.6) is 11.5 Å². The van der Waals surface area contributed by atoms with Gasteiger partial charge in [0.25, 0.3) is 11.8 Å². The number of nitrogens with one attached hydrogen (secondary N) is 2. The molecule has 4 aromatic rings. The van der Waals surface area contributed by atoms with Crippen LogP contribution in [-0.2, 0) is 75.1 Å². The van der Waals surface area contributed by atoms with Crippen LogP contribution in [0.3, 0.4) is 0 Å². The topological polar surface area (TPSA) is 438 Å². The molecule has 0 radical (unpaired) electrons. The summed E-state index contributed by atoms with van der Waals surface area (Å²) in [7, 11) is -9.55. The Balaban J connectivity index is -0.000000176. The van der Waals surface area contributed by atoms with Gasteiger partial charge >= 0.3 is 33.0 Å². The Morgan fingerprint density at radius 3 is 1.08 bits per heavy atom. The van der Waals surface area contributed by atoms with Crippen LogP contribution < -0.4 is 21.1 Å². The molecule has 0 aliphatic heterocycles. The van der Waals surface area contributed by atoms with Gasteiger partial charge in [0.1, 0.15) is 20.2 Å². The molecule has 0 saturated heterocycles. The molecule has 0 aliphatic carbocycles. The summed E-state index contributed by atoms with van der Waals surface area (Å²) in [5.41, 5.74) is 4.04. The molecule has 0 atom stereocenters. The Kier molecular flexibility index (Phi) is 30.9. The van der Waals surface area contributed by atoms with Crippen molar-refractivity contribution in [1.29, 1.82) is 0 Å². The van der Waals surface area contributed by atoms with Crippen molar-refractivity contribution in [2.75, 3.05) is 0 Å². The molecule has 4 rings (SSSR count). The van der Waals surface area contributed by atoms with E-state index in [4.69, 9.17) is 0 Å². The van der Waals surface area contributed by atoms with Crippen molar-refractivity contribution in [3.63, 3.8) is 0 Å². The van der Waals surface area contributed by atoms with Gasteiger partial charge in [-0.05, 0) is 35.4 Å². The molecule has 18 N–H and O–H groups in total. The van der Waals surface area contributed by atoms with Crippen LogP contribution in [0.15, 0.2) is 117 Å². The fourth-order valence-electron chi connectivity index (χ4n) is 3.36. The second-order valence-electron chi connectivity index (χ2n) is 8.37. The largest absolute Gasteiger partial charge is 2.00 e. The normalized spacial score (nSPS) is 9.73. The first-order valence-electron chi connectivity index (χ1n) is 12.1. The Bertz CT molecular complexity index is 1830. The van der Waals surface area contributed by atoms with Crippen molar-refractivity contribution >= 4 is 44.5 Å². The molecule has 20 nitrogen and oxygen atoms in total. The van der Waals surface area contributed by atoms with E-state index in [1.807, 2.05) is 0 Å². The van der Waals surface area contributed by atoms with Crippen molar-refractivity contribution in [2.24, 2.45) is 10.2 Å². The molecule has 0 spiro atoms. The van der Waals surface area contributed by atoms with E-state index in [9.17, 15) is 45.7 Å². The van der Waals surface area contributed by atoms with Crippen LogP contribution in [0.1, 0.15) is 31.8 Å². The molecule has 0 fully saturated rings. The second-order valence-corrected chi connectivity index (χ2v) is 11.1. The van der Waals surface area contributed by atoms with E-state index in [2.05, 4.69) is 21.1 Å². The molecule has 292 valence electrons. The van der Waals surface area contributed by atoms with Gasteiger partial charge in [0.15, 0.2) is 0 Å². The maximum atomic E-state index is 11.9. The molecule has 0 unspecified atom stereocenters. The first-order valence-corrected chi connectivity index (χ1v) is 14.9. The van der Waals surface area contributed by atoms with Crippen molar-refractivity contribution in [2.45, 2.75) is 9.79 Å². The average Bonchev–Trinajstić information content (AvgIpc) is 2.98. The Morgan fingerprint density at radius 1 is 0.519 bits per heavy atom. The van der Waals surface area contributed by atoms with Gasteiger partial charge in [-0.3, -0.25) is 9.59 Å². The van der Waals surface area contributed by atoms with Crippen LogP contribution in [0.2, 0.25) is 0 Å². The molecule has 2 amide bonds. The summed E-state index contributed by atoms with van der Waals surface area (Å²) in [5.74, 6) is -2.28. The Labute approximate surface area is 316 Å². The third-order valence-electron chi connectivity index (χ3n) is 5.38. The third-order valence-corrected chi connectivity index (χ3v) is 7.17. The fourth-order valence-corrected chi connectivity index (χ4v) is 4.71. The third kappa shape index (κ3) is 17.5. The average molecular weight is 866 g/mol. The SMILES string of the molecule is O.O.O=C(N/N=C/c1ccccc1[O-])c1ccccc1S(=O)(=O)[O-].O=C(N/N=C/c1ccccc1[O-])c1ccccc1S(=O)(=O)[O-].[Ni+2].[Ni+2].[OH3+].[OH3+].[OH3+].[OH3+]. The Hall–Kier alpha value is -4.67. The monoisotopic (exact) mass is 864 g/mol. The summed E-state index contributed by atoms with van der Waals surface area (Å²) in [6.45, 7) is 0. The molecule has 24 heteroatoms. The summed E-state index contributed by atoms with van der Waals surface area (Å²) < 4.78 is 66.5. The van der Waals surface area contributed by atoms with Crippen molar-refractivity contribution in [3.05, 3.63) is 119 Å². The standard InChI is InChI=1S/2C14H12N2O5S.2Ni.6H2O/c2*17-12-7-3-1-5-10(12)9-15-16-14(18)11-6-2-4-8-13(11)22(19,20)21;;;;;;;;/h2*1-9,17H,(H,16,18)(H,19,20,21);;;6*1H2/q;;2*+2;;;;;;/b2*15-9+;;;;;;;;. The molecular formula is C28H36N4Ni2O16S2+4.